The second kappa shape index (κ2) is 35.2. The van der Waals surface area contributed by atoms with E-state index in [0.29, 0.717) is 12.8 Å². The molecule has 3 N–H and O–H groups in total. The second-order valence-corrected chi connectivity index (χ2v) is 16.5. The molecule has 0 aliphatic heterocycles. The fraction of sp³-hybridized carbons (Fsp3) is 0.929. The average Bonchev–Trinajstić information content (AvgIpc) is 3.05. The molecule has 3 amide bonds. The standard InChI is InChI=1S/C42H83N3O3S/c1-5-7-9-11-13-15-17-19-21-23-25-27-29-31-33-35-39(46)43-37-38(41(48)45-42(3,4)49)44-40(47)36-34-32-30-28-26-24-22-20-18-16-14-12-10-8-6-2/h38,49H,5-37H2,1-4H3,(H,43,46)(H,44,47)(H,45,48). The van der Waals surface area contributed by atoms with E-state index >= 15 is 0 Å². The van der Waals surface area contributed by atoms with Crippen molar-refractivity contribution in [2.24, 2.45) is 0 Å². The van der Waals surface area contributed by atoms with Crippen molar-refractivity contribution in [2.45, 2.75) is 244 Å². The van der Waals surface area contributed by atoms with Gasteiger partial charge in [0.1, 0.15) is 6.04 Å². The van der Waals surface area contributed by atoms with Crippen LogP contribution in [0.5, 0.6) is 0 Å². The Hall–Kier alpha value is -1.24. The number of carbonyl (C=O) groups excluding carboxylic acids is 3. The first-order chi connectivity index (χ1) is 23.7. The van der Waals surface area contributed by atoms with E-state index in [0.717, 1.165) is 32.1 Å². The first-order valence-corrected chi connectivity index (χ1v) is 21.7. The fourth-order valence-electron chi connectivity index (χ4n) is 6.48. The van der Waals surface area contributed by atoms with Gasteiger partial charge >= 0.3 is 0 Å². The summed E-state index contributed by atoms with van der Waals surface area (Å²) in [5.74, 6) is -0.519. The van der Waals surface area contributed by atoms with Gasteiger partial charge in [-0.05, 0) is 26.7 Å². The summed E-state index contributed by atoms with van der Waals surface area (Å²) in [4.78, 5) is 37.4. The van der Waals surface area contributed by atoms with Gasteiger partial charge in [-0.25, -0.2) is 0 Å². The Kier molecular flexibility index (Phi) is 34.3. The molecule has 0 aromatic rings. The number of carbonyl (C=O) groups is 3. The number of rotatable bonds is 37. The van der Waals surface area contributed by atoms with Crippen LogP contribution >= 0.6 is 12.6 Å². The fourth-order valence-corrected chi connectivity index (χ4v) is 6.59. The van der Waals surface area contributed by atoms with E-state index in [9.17, 15) is 14.4 Å². The van der Waals surface area contributed by atoms with Crippen molar-refractivity contribution in [3.63, 3.8) is 0 Å². The molecule has 0 rings (SSSR count). The number of amides is 3. The van der Waals surface area contributed by atoms with Gasteiger partial charge in [0.05, 0.1) is 4.87 Å². The summed E-state index contributed by atoms with van der Waals surface area (Å²) >= 11 is 4.41. The highest BCUT2D eigenvalue weighted by atomic mass is 32.1. The van der Waals surface area contributed by atoms with Crippen molar-refractivity contribution >= 4 is 30.4 Å². The van der Waals surface area contributed by atoms with E-state index in [4.69, 9.17) is 0 Å². The topological polar surface area (TPSA) is 87.3 Å². The third-order valence-electron chi connectivity index (χ3n) is 9.60. The van der Waals surface area contributed by atoms with Crippen molar-refractivity contribution in [1.29, 1.82) is 0 Å². The molecule has 7 heteroatoms. The van der Waals surface area contributed by atoms with Crippen LogP contribution in [0.2, 0.25) is 0 Å². The van der Waals surface area contributed by atoms with Gasteiger partial charge in [-0.1, -0.05) is 194 Å². The zero-order valence-corrected chi connectivity index (χ0v) is 34.0. The molecule has 6 nitrogen and oxygen atoms in total. The minimum absolute atomic E-state index is 0.0608. The van der Waals surface area contributed by atoms with Gasteiger partial charge in [0.25, 0.3) is 0 Å². The molecule has 0 fully saturated rings. The summed E-state index contributed by atoms with van der Waals surface area (Å²) in [5, 5.41) is 8.58. The Morgan fingerprint density at radius 3 is 1.06 bits per heavy atom. The third kappa shape index (κ3) is 36.4. The molecular formula is C42H83N3O3S. The average molecular weight is 710 g/mol. The van der Waals surface area contributed by atoms with Crippen LogP contribution in [0.4, 0.5) is 0 Å². The van der Waals surface area contributed by atoms with Gasteiger partial charge < -0.3 is 16.0 Å². The zero-order chi connectivity index (χ0) is 36.3. The highest BCUT2D eigenvalue weighted by molar-refractivity contribution is 7.81. The molecule has 0 aromatic heterocycles. The van der Waals surface area contributed by atoms with Gasteiger partial charge in [-0.3, -0.25) is 14.4 Å². The number of thiol groups is 1. The predicted octanol–water partition coefficient (Wildman–Crippen LogP) is 11.9. The van der Waals surface area contributed by atoms with Crippen LogP contribution in [0.1, 0.15) is 233 Å². The Bertz CT molecular complexity index is 771. The minimum atomic E-state index is -0.805. The summed E-state index contributed by atoms with van der Waals surface area (Å²) in [6.45, 7) is 8.22. The molecule has 1 unspecified atom stereocenters. The normalized spacial score (nSPS) is 12.2. The van der Waals surface area contributed by atoms with Gasteiger partial charge in [0.2, 0.25) is 17.7 Å². The lowest BCUT2D eigenvalue weighted by atomic mass is 10.0. The minimum Gasteiger partial charge on any atom is -0.353 e. The van der Waals surface area contributed by atoms with E-state index in [1.165, 1.54) is 161 Å². The molecule has 0 aromatic carbocycles. The van der Waals surface area contributed by atoms with Crippen LogP contribution in [0, 0.1) is 0 Å². The molecule has 0 aliphatic rings. The molecule has 49 heavy (non-hydrogen) atoms. The van der Waals surface area contributed by atoms with E-state index in [1.54, 1.807) is 13.8 Å². The Morgan fingerprint density at radius 2 is 0.755 bits per heavy atom. The van der Waals surface area contributed by atoms with Crippen molar-refractivity contribution in [3.8, 4) is 0 Å². The van der Waals surface area contributed by atoms with Crippen molar-refractivity contribution in [1.82, 2.24) is 16.0 Å². The van der Waals surface area contributed by atoms with Crippen LogP contribution in [0.25, 0.3) is 0 Å². The monoisotopic (exact) mass is 710 g/mol. The molecule has 0 saturated carbocycles. The maximum Gasteiger partial charge on any atom is 0.245 e. The second-order valence-electron chi connectivity index (χ2n) is 15.4. The van der Waals surface area contributed by atoms with E-state index in [2.05, 4.69) is 42.4 Å². The lowest BCUT2D eigenvalue weighted by Crippen LogP contribution is -2.55. The maximum atomic E-state index is 12.9. The van der Waals surface area contributed by atoms with Crippen molar-refractivity contribution < 1.29 is 14.4 Å². The molecule has 290 valence electrons. The molecule has 0 bridgehead atoms. The SMILES string of the molecule is CCCCCCCCCCCCCCCCCC(=O)NCC(NC(=O)CCCCCCCCCCCCCCCCC)C(=O)NC(C)(C)S. The number of nitrogens with one attached hydrogen (secondary N) is 3. The highest BCUT2D eigenvalue weighted by Crippen LogP contribution is 2.15. The lowest BCUT2D eigenvalue weighted by Gasteiger charge is -2.25. The van der Waals surface area contributed by atoms with Crippen LogP contribution in [-0.4, -0.2) is 35.2 Å². The quantitative estimate of drug-likeness (QED) is 0.0294. The first kappa shape index (κ1) is 47.8. The largest absolute Gasteiger partial charge is 0.353 e. The highest BCUT2D eigenvalue weighted by Gasteiger charge is 2.25. The summed E-state index contributed by atoms with van der Waals surface area (Å²) in [6.07, 6.45) is 39.5. The van der Waals surface area contributed by atoms with Crippen LogP contribution in [0.15, 0.2) is 0 Å². The zero-order valence-electron chi connectivity index (χ0n) is 33.1. The molecule has 0 spiro atoms. The molecular weight excluding hydrogens is 627 g/mol. The lowest BCUT2D eigenvalue weighted by molar-refractivity contribution is -0.130. The first-order valence-electron chi connectivity index (χ1n) is 21.3. The molecule has 1 atom stereocenters. The molecule has 0 heterocycles. The van der Waals surface area contributed by atoms with Crippen LogP contribution < -0.4 is 16.0 Å². The van der Waals surface area contributed by atoms with E-state index < -0.39 is 10.9 Å². The van der Waals surface area contributed by atoms with E-state index in [1.807, 2.05) is 0 Å². The number of hydrogen-bond acceptors (Lipinski definition) is 4. The Morgan fingerprint density at radius 1 is 0.469 bits per heavy atom. The van der Waals surface area contributed by atoms with Gasteiger partial charge in [0.15, 0.2) is 0 Å². The summed E-state index contributed by atoms with van der Waals surface area (Å²) in [7, 11) is 0. The maximum absolute atomic E-state index is 12.9. The number of hydrogen-bond donors (Lipinski definition) is 4. The molecule has 0 saturated heterocycles. The molecule has 0 radical (unpaired) electrons. The van der Waals surface area contributed by atoms with Gasteiger partial charge in [-0.2, -0.15) is 12.6 Å². The van der Waals surface area contributed by atoms with E-state index in [-0.39, 0.29) is 24.3 Å². The summed E-state index contributed by atoms with van der Waals surface area (Å²) in [6, 6.07) is -0.805. The van der Waals surface area contributed by atoms with Crippen LogP contribution in [-0.2, 0) is 14.4 Å². The Balaban J connectivity index is 4.01. The summed E-state index contributed by atoms with van der Waals surface area (Å²) < 4.78 is 0. The molecule has 0 aliphatic carbocycles. The van der Waals surface area contributed by atoms with Gasteiger partial charge in [0, 0.05) is 19.4 Å². The van der Waals surface area contributed by atoms with Crippen LogP contribution in [0.3, 0.4) is 0 Å². The summed E-state index contributed by atoms with van der Waals surface area (Å²) in [5.41, 5.74) is 0. The predicted molar refractivity (Wildman–Crippen MR) is 215 cm³/mol. The Labute approximate surface area is 310 Å². The van der Waals surface area contributed by atoms with Crippen molar-refractivity contribution in [2.75, 3.05) is 6.54 Å². The third-order valence-corrected chi connectivity index (χ3v) is 9.71. The van der Waals surface area contributed by atoms with Gasteiger partial charge in [-0.15, -0.1) is 0 Å². The number of unbranched alkanes of at least 4 members (excludes halogenated alkanes) is 28. The van der Waals surface area contributed by atoms with Crippen molar-refractivity contribution in [3.05, 3.63) is 0 Å². The smallest absolute Gasteiger partial charge is 0.245 e.